The number of amides is 1. The summed E-state index contributed by atoms with van der Waals surface area (Å²) in [6.45, 7) is 2.62. The molecule has 1 atom stereocenters. The third-order valence-electron chi connectivity index (χ3n) is 3.88. The molecule has 1 fully saturated rings. The highest BCUT2D eigenvalue weighted by molar-refractivity contribution is 6.31. The second-order valence-electron chi connectivity index (χ2n) is 5.11. The Labute approximate surface area is 122 Å². The van der Waals surface area contributed by atoms with Crippen molar-refractivity contribution in [1.29, 1.82) is 0 Å². The van der Waals surface area contributed by atoms with Gasteiger partial charge in [-0.2, -0.15) is 0 Å². The van der Waals surface area contributed by atoms with Gasteiger partial charge in [-0.25, -0.2) is 0 Å². The van der Waals surface area contributed by atoms with Gasteiger partial charge in [0.2, 0.25) is 5.91 Å². The largest absolute Gasteiger partial charge is 0.508 e. The maximum Gasteiger partial charge on any atom is 0.248 e. The van der Waals surface area contributed by atoms with Crippen LogP contribution in [0.5, 0.6) is 5.75 Å². The molecule has 3 rings (SSSR count). The van der Waals surface area contributed by atoms with Crippen LogP contribution < -0.4 is 5.32 Å². The van der Waals surface area contributed by atoms with Gasteiger partial charge in [0.05, 0.1) is 12.6 Å². The van der Waals surface area contributed by atoms with E-state index in [1.807, 2.05) is 0 Å². The Kier molecular flexibility index (Phi) is 3.83. The highest BCUT2D eigenvalue weighted by Crippen LogP contribution is 2.36. The summed E-state index contributed by atoms with van der Waals surface area (Å²) in [7, 11) is 0. The van der Waals surface area contributed by atoms with Gasteiger partial charge >= 0.3 is 0 Å². The lowest BCUT2D eigenvalue weighted by molar-refractivity contribution is -0.143. The molecule has 20 heavy (non-hydrogen) atoms. The van der Waals surface area contributed by atoms with E-state index in [-0.39, 0.29) is 24.3 Å². The van der Waals surface area contributed by atoms with Crippen molar-refractivity contribution in [3.05, 3.63) is 28.3 Å². The lowest BCUT2D eigenvalue weighted by Crippen LogP contribution is -2.47. The van der Waals surface area contributed by atoms with Crippen LogP contribution in [0, 0.1) is 0 Å². The zero-order valence-electron chi connectivity index (χ0n) is 11.1. The minimum atomic E-state index is -0.0838. The molecule has 5 nitrogen and oxygen atoms in total. The first-order valence-corrected chi connectivity index (χ1v) is 7.14. The van der Waals surface area contributed by atoms with Crippen molar-refractivity contribution in [2.45, 2.75) is 12.5 Å². The van der Waals surface area contributed by atoms with E-state index in [9.17, 15) is 9.90 Å². The predicted octanol–water partition coefficient (Wildman–Crippen LogP) is 1.09. The number of rotatable bonds is 2. The van der Waals surface area contributed by atoms with Crippen LogP contribution in [-0.4, -0.2) is 48.8 Å². The van der Waals surface area contributed by atoms with Crippen LogP contribution in [0.1, 0.15) is 17.2 Å². The zero-order valence-corrected chi connectivity index (χ0v) is 11.8. The highest BCUT2D eigenvalue weighted by atomic mass is 35.5. The van der Waals surface area contributed by atoms with Crippen LogP contribution in [0.2, 0.25) is 5.02 Å². The first kappa shape index (κ1) is 13.7. The van der Waals surface area contributed by atoms with Crippen LogP contribution in [-0.2, 0) is 16.0 Å². The minimum Gasteiger partial charge on any atom is -0.508 e. The van der Waals surface area contributed by atoms with E-state index in [1.54, 1.807) is 17.0 Å². The molecule has 1 saturated heterocycles. The molecule has 1 aromatic rings. The molecule has 0 saturated carbocycles. The summed E-state index contributed by atoms with van der Waals surface area (Å²) >= 11 is 6.21. The molecule has 0 aromatic heterocycles. The first-order chi connectivity index (χ1) is 9.66. The standard InChI is InChI=1S/C14H17ClN2O3/c15-10-1-2-12(18)14-9(10)3-4-16-11(14)7-17-5-6-20-8-13(17)19/h1-2,11,16,18H,3-8H2/t11-/m1/s1. The lowest BCUT2D eigenvalue weighted by Gasteiger charge is -2.34. The van der Waals surface area contributed by atoms with Gasteiger partial charge in [0.1, 0.15) is 12.4 Å². The number of halogens is 1. The normalized spacial score (nSPS) is 22.8. The van der Waals surface area contributed by atoms with Crippen molar-refractivity contribution in [3.8, 4) is 5.75 Å². The molecule has 0 spiro atoms. The Bertz CT molecular complexity index is 535. The van der Waals surface area contributed by atoms with Gasteiger partial charge in [-0.05, 0) is 30.7 Å². The van der Waals surface area contributed by atoms with E-state index in [0.717, 1.165) is 24.1 Å². The molecule has 6 heteroatoms. The number of phenolic OH excluding ortho intramolecular Hbond substituents is 1. The average molecular weight is 297 g/mol. The van der Waals surface area contributed by atoms with E-state index >= 15 is 0 Å². The number of fused-ring (bicyclic) bond motifs is 1. The van der Waals surface area contributed by atoms with Crippen LogP contribution in [0.3, 0.4) is 0 Å². The second-order valence-corrected chi connectivity index (χ2v) is 5.51. The number of hydrogen-bond acceptors (Lipinski definition) is 4. The predicted molar refractivity (Wildman–Crippen MR) is 75.0 cm³/mol. The molecule has 2 heterocycles. The van der Waals surface area contributed by atoms with Crippen LogP contribution in [0.4, 0.5) is 0 Å². The Morgan fingerprint density at radius 3 is 3.15 bits per heavy atom. The number of nitrogens with one attached hydrogen (secondary N) is 1. The van der Waals surface area contributed by atoms with Gasteiger partial charge in [0, 0.05) is 23.7 Å². The van der Waals surface area contributed by atoms with Crippen LogP contribution in [0.25, 0.3) is 0 Å². The third kappa shape index (κ3) is 2.49. The molecule has 0 radical (unpaired) electrons. The minimum absolute atomic E-state index is 0.00769. The quantitative estimate of drug-likeness (QED) is 0.858. The number of carbonyl (C=O) groups is 1. The molecule has 2 aliphatic heterocycles. The van der Waals surface area contributed by atoms with Crippen molar-refractivity contribution in [3.63, 3.8) is 0 Å². The van der Waals surface area contributed by atoms with Crippen molar-refractivity contribution < 1.29 is 14.6 Å². The topological polar surface area (TPSA) is 61.8 Å². The molecular formula is C14H17ClN2O3. The average Bonchev–Trinajstić information content (AvgIpc) is 2.45. The Morgan fingerprint density at radius 2 is 2.35 bits per heavy atom. The zero-order chi connectivity index (χ0) is 14.1. The highest BCUT2D eigenvalue weighted by Gasteiger charge is 2.29. The molecule has 0 unspecified atom stereocenters. The summed E-state index contributed by atoms with van der Waals surface area (Å²) < 4.78 is 5.13. The van der Waals surface area contributed by atoms with Crippen LogP contribution >= 0.6 is 11.6 Å². The summed E-state index contributed by atoms with van der Waals surface area (Å²) in [5, 5.41) is 14.2. The van der Waals surface area contributed by atoms with Crippen molar-refractivity contribution >= 4 is 17.5 Å². The number of aromatic hydroxyl groups is 1. The molecule has 2 aliphatic rings. The van der Waals surface area contributed by atoms with E-state index in [4.69, 9.17) is 16.3 Å². The Morgan fingerprint density at radius 1 is 1.50 bits per heavy atom. The molecule has 2 N–H and O–H groups in total. The summed E-state index contributed by atoms with van der Waals surface area (Å²) in [5.41, 5.74) is 1.80. The molecule has 0 bridgehead atoms. The first-order valence-electron chi connectivity index (χ1n) is 6.76. The Hall–Kier alpha value is -1.30. The van der Waals surface area contributed by atoms with Crippen molar-refractivity contribution in [1.82, 2.24) is 10.2 Å². The molecule has 0 aliphatic carbocycles. The number of morpholine rings is 1. The van der Waals surface area contributed by atoms with Gasteiger partial charge in [0.15, 0.2) is 0 Å². The van der Waals surface area contributed by atoms with Gasteiger partial charge in [0.25, 0.3) is 0 Å². The van der Waals surface area contributed by atoms with E-state index < -0.39 is 0 Å². The smallest absolute Gasteiger partial charge is 0.248 e. The number of carbonyl (C=O) groups excluding carboxylic acids is 1. The molecule has 108 valence electrons. The molecular weight excluding hydrogens is 280 g/mol. The van der Waals surface area contributed by atoms with Gasteiger partial charge < -0.3 is 20.1 Å². The van der Waals surface area contributed by atoms with E-state index in [2.05, 4.69) is 5.32 Å². The second kappa shape index (κ2) is 5.60. The number of phenols is 1. The summed E-state index contributed by atoms with van der Waals surface area (Å²) in [6.07, 6.45) is 0.788. The molecule has 1 aromatic carbocycles. The maximum atomic E-state index is 11.8. The Balaban J connectivity index is 1.86. The van der Waals surface area contributed by atoms with Gasteiger partial charge in [-0.15, -0.1) is 0 Å². The van der Waals surface area contributed by atoms with Crippen LogP contribution in [0.15, 0.2) is 12.1 Å². The van der Waals surface area contributed by atoms with E-state index in [0.29, 0.717) is 24.7 Å². The number of benzene rings is 1. The third-order valence-corrected chi connectivity index (χ3v) is 4.23. The van der Waals surface area contributed by atoms with Crippen molar-refractivity contribution in [2.24, 2.45) is 0 Å². The number of nitrogens with zero attached hydrogens (tertiary/aromatic N) is 1. The number of hydrogen-bond donors (Lipinski definition) is 2. The van der Waals surface area contributed by atoms with Crippen molar-refractivity contribution in [2.75, 3.05) is 32.8 Å². The monoisotopic (exact) mass is 296 g/mol. The van der Waals surface area contributed by atoms with E-state index in [1.165, 1.54) is 0 Å². The van der Waals surface area contributed by atoms with Gasteiger partial charge in [-0.3, -0.25) is 4.79 Å². The fourth-order valence-corrected chi connectivity index (χ4v) is 3.12. The fraction of sp³-hybridized carbons (Fsp3) is 0.500. The number of ether oxygens (including phenoxy) is 1. The maximum absolute atomic E-state index is 11.8. The molecule has 1 amide bonds. The lowest BCUT2D eigenvalue weighted by atomic mass is 9.93. The van der Waals surface area contributed by atoms with Gasteiger partial charge in [-0.1, -0.05) is 11.6 Å². The summed E-state index contributed by atoms with van der Waals surface area (Å²) in [5.74, 6) is 0.231. The fourth-order valence-electron chi connectivity index (χ4n) is 2.86. The summed E-state index contributed by atoms with van der Waals surface area (Å²) in [4.78, 5) is 13.6. The summed E-state index contributed by atoms with van der Waals surface area (Å²) in [6, 6.07) is 3.25. The SMILES string of the molecule is O=C1COCCN1C[C@H]1NCCc2c(Cl)ccc(O)c21.